The molecule has 1 unspecified atom stereocenters. The molecule has 0 aliphatic carbocycles. The maximum Gasteiger partial charge on any atom is 0.253 e. The van der Waals surface area contributed by atoms with E-state index in [1.165, 1.54) is 0 Å². The van der Waals surface area contributed by atoms with Crippen LogP contribution in [0.2, 0.25) is 0 Å². The molecule has 5 nitrogen and oxygen atoms in total. The van der Waals surface area contributed by atoms with Crippen molar-refractivity contribution in [3.8, 4) is 0 Å². The van der Waals surface area contributed by atoms with Gasteiger partial charge in [0.25, 0.3) is 5.91 Å². The molecule has 0 bridgehead atoms. The lowest BCUT2D eigenvalue weighted by atomic mass is 10.2. The number of morpholine rings is 1. The first kappa shape index (κ1) is 17.9. The van der Waals surface area contributed by atoms with Crippen molar-refractivity contribution in [3.63, 3.8) is 0 Å². The number of amides is 1. The molecular weight excluding hydrogens is 277 g/mol. The van der Waals surface area contributed by atoms with Gasteiger partial charge in [0.05, 0.1) is 6.61 Å². The smallest absolute Gasteiger partial charge is 0.253 e. The second kappa shape index (κ2) is 8.17. The van der Waals surface area contributed by atoms with Gasteiger partial charge in [0.2, 0.25) is 0 Å². The Labute approximate surface area is 121 Å². The zero-order valence-corrected chi connectivity index (χ0v) is 12.3. The SMILES string of the molecule is CCN1CCOC(C(=O)N2CC[C@@H](N)C2)C1.Cl.Cl. The Morgan fingerprint density at radius 3 is 2.61 bits per heavy atom. The summed E-state index contributed by atoms with van der Waals surface area (Å²) >= 11 is 0. The molecule has 0 spiro atoms. The Bertz CT molecular complexity index is 269. The third kappa shape index (κ3) is 4.24. The molecule has 2 heterocycles. The Morgan fingerprint density at radius 2 is 2.06 bits per heavy atom. The van der Waals surface area contributed by atoms with Crippen molar-refractivity contribution < 1.29 is 9.53 Å². The minimum Gasteiger partial charge on any atom is -0.366 e. The lowest BCUT2D eigenvalue weighted by molar-refractivity contribution is -0.148. The molecule has 0 radical (unpaired) electrons. The van der Waals surface area contributed by atoms with E-state index in [0.29, 0.717) is 13.2 Å². The predicted molar refractivity (Wildman–Crippen MR) is 75.5 cm³/mol. The largest absolute Gasteiger partial charge is 0.366 e. The van der Waals surface area contributed by atoms with Gasteiger partial charge in [-0.25, -0.2) is 0 Å². The second-order valence-electron chi connectivity index (χ2n) is 4.59. The van der Waals surface area contributed by atoms with Gasteiger partial charge in [-0.1, -0.05) is 6.92 Å². The van der Waals surface area contributed by atoms with Crippen LogP contribution in [0.15, 0.2) is 0 Å². The molecule has 0 aromatic carbocycles. The highest BCUT2D eigenvalue weighted by Gasteiger charge is 2.32. The van der Waals surface area contributed by atoms with E-state index >= 15 is 0 Å². The van der Waals surface area contributed by atoms with Crippen LogP contribution < -0.4 is 5.73 Å². The maximum absolute atomic E-state index is 12.1. The van der Waals surface area contributed by atoms with Crippen LogP contribution >= 0.6 is 24.8 Å². The van der Waals surface area contributed by atoms with E-state index in [1.54, 1.807) is 0 Å². The van der Waals surface area contributed by atoms with Crippen LogP contribution in [-0.2, 0) is 9.53 Å². The monoisotopic (exact) mass is 299 g/mol. The number of nitrogens with two attached hydrogens (primary N) is 1. The van der Waals surface area contributed by atoms with Crippen molar-refractivity contribution in [1.29, 1.82) is 0 Å². The number of nitrogens with zero attached hydrogens (tertiary/aromatic N) is 2. The number of hydrogen-bond donors (Lipinski definition) is 1. The Balaban J connectivity index is 0.00000144. The summed E-state index contributed by atoms with van der Waals surface area (Å²) in [6.07, 6.45) is 0.634. The van der Waals surface area contributed by atoms with Crippen molar-refractivity contribution in [3.05, 3.63) is 0 Å². The molecule has 2 aliphatic heterocycles. The van der Waals surface area contributed by atoms with Gasteiger partial charge in [0, 0.05) is 32.2 Å². The number of halogens is 2. The van der Waals surface area contributed by atoms with E-state index in [4.69, 9.17) is 10.5 Å². The highest BCUT2D eigenvalue weighted by atomic mass is 35.5. The first-order valence-corrected chi connectivity index (χ1v) is 6.09. The summed E-state index contributed by atoms with van der Waals surface area (Å²) in [6.45, 7) is 6.87. The van der Waals surface area contributed by atoms with Crippen LogP contribution in [-0.4, -0.2) is 67.2 Å². The highest BCUT2D eigenvalue weighted by Crippen LogP contribution is 2.13. The van der Waals surface area contributed by atoms with Gasteiger partial charge in [-0.05, 0) is 13.0 Å². The van der Waals surface area contributed by atoms with E-state index in [9.17, 15) is 4.79 Å². The molecule has 0 saturated carbocycles. The topological polar surface area (TPSA) is 58.8 Å². The van der Waals surface area contributed by atoms with Crippen molar-refractivity contribution in [2.45, 2.75) is 25.5 Å². The van der Waals surface area contributed by atoms with Crippen molar-refractivity contribution >= 4 is 30.7 Å². The van der Waals surface area contributed by atoms with Crippen LogP contribution in [0.4, 0.5) is 0 Å². The maximum atomic E-state index is 12.1. The van der Waals surface area contributed by atoms with Crippen LogP contribution in [0.3, 0.4) is 0 Å². The normalized spacial score (nSPS) is 28.4. The van der Waals surface area contributed by atoms with Gasteiger partial charge < -0.3 is 15.4 Å². The Morgan fingerprint density at radius 1 is 1.33 bits per heavy atom. The molecule has 108 valence electrons. The standard InChI is InChI=1S/C11H21N3O2.2ClH/c1-2-13-5-6-16-10(8-13)11(15)14-4-3-9(12)7-14;;/h9-10H,2-8,12H2,1H3;2*1H/t9-,10?;;/m1../s1. The van der Waals surface area contributed by atoms with Gasteiger partial charge in [-0.15, -0.1) is 24.8 Å². The number of ether oxygens (including phenoxy) is 1. The summed E-state index contributed by atoms with van der Waals surface area (Å²) in [5.74, 6) is 0.117. The molecule has 2 fully saturated rings. The van der Waals surface area contributed by atoms with E-state index in [-0.39, 0.29) is 42.9 Å². The summed E-state index contributed by atoms with van der Waals surface area (Å²) in [5.41, 5.74) is 5.80. The molecule has 18 heavy (non-hydrogen) atoms. The molecule has 2 N–H and O–H groups in total. The number of carbonyl (C=O) groups is 1. The predicted octanol–water partition coefficient (Wildman–Crippen LogP) is 0.110. The number of likely N-dealkylation sites (N-methyl/N-ethyl adjacent to an activating group) is 1. The first-order chi connectivity index (χ1) is 7.70. The molecular formula is C11H23Cl2N3O2. The first-order valence-electron chi connectivity index (χ1n) is 6.09. The van der Waals surface area contributed by atoms with E-state index in [2.05, 4.69) is 11.8 Å². The fraction of sp³-hybridized carbons (Fsp3) is 0.909. The quantitative estimate of drug-likeness (QED) is 0.786. The summed E-state index contributed by atoms with van der Waals surface area (Å²) in [7, 11) is 0. The second-order valence-corrected chi connectivity index (χ2v) is 4.59. The zero-order valence-electron chi connectivity index (χ0n) is 10.7. The average Bonchev–Trinajstić information content (AvgIpc) is 2.75. The summed E-state index contributed by atoms with van der Waals surface area (Å²) < 4.78 is 5.55. The number of hydrogen-bond acceptors (Lipinski definition) is 4. The number of rotatable bonds is 2. The zero-order chi connectivity index (χ0) is 11.5. The fourth-order valence-corrected chi connectivity index (χ4v) is 2.33. The summed E-state index contributed by atoms with van der Waals surface area (Å²) in [4.78, 5) is 16.2. The summed E-state index contributed by atoms with van der Waals surface area (Å²) in [6, 6.07) is 0.148. The molecule has 2 atom stereocenters. The van der Waals surface area contributed by atoms with Crippen LogP contribution in [0.25, 0.3) is 0 Å². The van der Waals surface area contributed by atoms with Gasteiger partial charge in [0.15, 0.2) is 0 Å². The van der Waals surface area contributed by atoms with E-state index < -0.39 is 0 Å². The average molecular weight is 300 g/mol. The van der Waals surface area contributed by atoms with Crippen molar-refractivity contribution in [1.82, 2.24) is 9.80 Å². The number of carbonyl (C=O) groups excluding carboxylic acids is 1. The lowest BCUT2D eigenvalue weighted by Crippen LogP contribution is -2.50. The Kier molecular flexibility index (Phi) is 8.14. The van der Waals surface area contributed by atoms with Crippen LogP contribution in [0.5, 0.6) is 0 Å². The molecule has 2 aliphatic rings. The van der Waals surface area contributed by atoms with Crippen molar-refractivity contribution in [2.75, 3.05) is 39.3 Å². The third-order valence-electron chi connectivity index (χ3n) is 3.41. The molecule has 0 aromatic rings. The fourth-order valence-electron chi connectivity index (χ4n) is 2.33. The van der Waals surface area contributed by atoms with Gasteiger partial charge in [-0.2, -0.15) is 0 Å². The third-order valence-corrected chi connectivity index (χ3v) is 3.41. The van der Waals surface area contributed by atoms with Crippen LogP contribution in [0.1, 0.15) is 13.3 Å². The Hall–Kier alpha value is -0.0700. The molecule has 1 amide bonds. The van der Waals surface area contributed by atoms with E-state index in [0.717, 1.165) is 32.6 Å². The van der Waals surface area contributed by atoms with Gasteiger partial charge in [0.1, 0.15) is 6.10 Å². The lowest BCUT2D eigenvalue weighted by Gasteiger charge is -2.33. The molecule has 2 saturated heterocycles. The number of likely N-dealkylation sites (tertiary alicyclic amines) is 1. The minimum atomic E-state index is -0.279. The molecule has 2 rings (SSSR count). The summed E-state index contributed by atoms with van der Waals surface area (Å²) in [5, 5.41) is 0. The van der Waals surface area contributed by atoms with Gasteiger partial charge in [-0.3, -0.25) is 9.69 Å². The molecule has 0 aromatic heterocycles. The highest BCUT2D eigenvalue weighted by molar-refractivity contribution is 5.85. The minimum absolute atomic E-state index is 0. The van der Waals surface area contributed by atoms with Crippen LogP contribution in [0, 0.1) is 0 Å². The van der Waals surface area contributed by atoms with Gasteiger partial charge >= 0.3 is 0 Å². The van der Waals surface area contributed by atoms with Crippen molar-refractivity contribution in [2.24, 2.45) is 5.73 Å². The van der Waals surface area contributed by atoms with E-state index in [1.807, 2.05) is 4.90 Å². The molecule has 7 heteroatoms.